The third kappa shape index (κ3) is 5.07. The van der Waals surface area contributed by atoms with Gasteiger partial charge in [-0.3, -0.25) is 9.59 Å². The second-order valence-electron chi connectivity index (χ2n) is 7.38. The number of hydrogen-bond acceptors (Lipinski definition) is 5. The van der Waals surface area contributed by atoms with Crippen molar-refractivity contribution < 1.29 is 14.3 Å². The average Bonchev–Trinajstić information content (AvgIpc) is 3.30. The van der Waals surface area contributed by atoms with Gasteiger partial charge in [-0.2, -0.15) is 5.10 Å². The molecule has 3 aromatic rings. The number of thiophene rings is 1. The number of carbonyl (C=O) groups is 2. The standard InChI is InChI=1S/C21H23N3O3S/c1-21(2,3)17-13-18(24(23-17)15-8-5-4-6-9-15)22-19(25)14-27-20(26)12-16-10-7-11-28-16/h4-11,13H,12,14H2,1-3H3,(H,22,25). The largest absolute Gasteiger partial charge is 0.455 e. The zero-order valence-electron chi connectivity index (χ0n) is 16.1. The van der Waals surface area contributed by atoms with E-state index in [0.29, 0.717) is 5.82 Å². The second-order valence-corrected chi connectivity index (χ2v) is 8.41. The summed E-state index contributed by atoms with van der Waals surface area (Å²) in [7, 11) is 0. The maximum absolute atomic E-state index is 12.3. The van der Waals surface area contributed by atoms with E-state index in [2.05, 4.69) is 31.2 Å². The molecule has 146 valence electrons. The van der Waals surface area contributed by atoms with E-state index in [-0.39, 0.29) is 18.4 Å². The lowest BCUT2D eigenvalue weighted by atomic mass is 9.92. The van der Waals surface area contributed by atoms with E-state index in [1.807, 2.05) is 53.9 Å². The number of nitrogens with one attached hydrogen (secondary N) is 1. The van der Waals surface area contributed by atoms with Crippen LogP contribution in [0.25, 0.3) is 5.69 Å². The molecule has 7 heteroatoms. The number of anilines is 1. The Morgan fingerprint density at radius 3 is 2.54 bits per heavy atom. The molecule has 0 aliphatic heterocycles. The van der Waals surface area contributed by atoms with Crippen molar-refractivity contribution in [2.24, 2.45) is 0 Å². The van der Waals surface area contributed by atoms with Crippen LogP contribution < -0.4 is 5.32 Å². The number of aromatic nitrogens is 2. The zero-order valence-corrected chi connectivity index (χ0v) is 17.0. The summed E-state index contributed by atoms with van der Waals surface area (Å²) in [6.07, 6.45) is 0.168. The van der Waals surface area contributed by atoms with Crippen molar-refractivity contribution in [2.75, 3.05) is 11.9 Å². The van der Waals surface area contributed by atoms with E-state index in [1.165, 1.54) is 11.3 Å². The normalized spacial score (nSPS) is 11.2. The summed E-state index contributed by atoms with van der Waals surface area (Å²) in [5, 5.41) is 9.34. The number of rotatable bonds is 6. The highest BCUT2D eigenvalue weighted by molar-refractivity contribution is 7.10. The zero-order chi connectivity index (χ0) is 20.1. The molecular weight excluding hydrogens is 374 g/mol. The molecule has 1 N–H and O–H groups in total. The molecule has 0 spiro atoms. The van der Waals surface area contributed by atoms with Crippen LogP contribution in [0.15, 0.2) is 53.9 Å². The van der Waals surface area contributed by atoms with E-state index in [9.17, 15) is 9.59 Å². The van der Waals surface area contributed by atoms with E-state index < -0.39 is 11.9 Å². The predicted molar refractivity (Wildman–Crippen MR) is 110 cm³/mol. The summed E-state index contributed by atoms with van der Waals surface area (Å²) in [6.45, 7) is 5.84. The fraction of sp³-hybridized carbons (Fsp3) is 0.286. The summed E-state index contributed by atoms with van der Waals surface area (Å²) < 4.78 is 6.78. The van der Waals surface area contributed by atoms with Gasteiger partial charge < -0.3 is 10.1 Å². The van der Waals surface area contributed by atoms with Crippen LogP contribution in [0.2, 0.25) is 0 Å². The Hall–Kier alpha value is -2.93. The monoisotopic (exact) mass is 397 g/mol. The van der Waals surface area contributed by atoms with Crippen LogP contribution in [0.5, 0.6) is 0 Å². The number of nitrogens with zero attached hydrogens (tertiary/aromatic N) is 2. The molecular formula is C21H23N3O3S. The number of hydrogen-bond donors (Lipinski definition) is 1. The lowest BCUT2D eigenvalue weighted by Gasteiger charge is -2.14. The highest BCUT2D eigenvalue weighted by atomic mass is 32.1. The van der Waals surface area contributed by atoms with Crippen LogP contribution in [0.3, 0.4) is 0 Å². The molecule has 3 rings (SSSR count). The van der Waals surface area contributed by atoms with Gasteiger partial charge in [0.1, 0.15) is 5.82 Å². The molecule has 0 fully saturated rings. The molecule has 0 unspecified atom stereocenters. The summed E-state index contributed by atoms with van der Waals surface area (Å²) >= 11 is 1.48. The smallest absolute Gasteiger partial charge is 0.311 e. The van der Waals surface area contributed by atoms with Crippen molar-refractivity contribution in [1.82, 2.24) is 9.78 Å². The fourth-order valence-electron chi connectivity index (χ4n) is 2.53. The van der Waals surface area contributed by atoms with Gasteiger partial charge in [-0.1, -0.05) is 45.0 Å². The van der Waals surface area contributed by atoms with Crippen molar-refractivity contribution in [2.45, 2.75) is 32.6 Å². The number of esters is 1. The molecule has 0 saturated carbocycles. The molecule has 1 amide bonds. The van der Waals surface area contributed by atoms with Crippen molar-refractivity contribution in [3.05, 3.63) is 64.5 Å². The highest BCUT2D eigenvalue weighted by Crippen LogP contribution is 2.26. The first-order chi connectivity index (χ1) is 13.3. The third-order valence-corrected chi connectivity index (χ3v) is 4.89. The molecule has 0 aliphatic rings. The maximum Gasteiger partial charge on any atom is 0.311 e. The molecule has 0 aliphatic carbocycles. The van der Waals surface area contributed by atoms with Gasteiger partial charge in [0.05, 0.1) is 17.8 Å². The van der Waals surface area contributed by atoms with Crippen LogP contribution in [-0.4, -0.2) is 28.3 Å². The van der Waals surface area contributed by atoms with E-state index in [0.717, 1.165) is 16.3 Å². The van der Waals surface area contributed by atoms with Gasteiger partial charge in [-0.05, 0) is 23.6 Å². The Kier molecular flexibility index (Phi) is 5.94. The van der Waals surface area contributed by atoms with E-state index >= 15 is 0 Å². The molecule has 2 heterocycles. The molecule has 28 heavy (non-hydrogen) atoms. The van der Waals surface area contributed by atoms with E-state index in [1.54, 1.807) is 4.68 Å². The fourth-order valence-corrected chi connectivity index (χ4v) is 3.22. The minimum atomic E-state index is -0.426. The quantitative estimate of drug-likeness (QED) is 0.639. The van der Waals surface area contributed by atoms with Gasteiger partial charge in [-0.25, -0.2) is 4.68 Å². The van der Waals surface area contributed by atoms with Gasteiger partial charge >= 0.3 is 5.97 Å². The summed E-state index contributed by atoms with van der Waals surface area (Å²) in [6, 6.07) is 15.1. The number of amides is 1. The Balaban J connectivity index is 1.69. The Bertz CT molecular complexity index is 941. The second kappa shape index (κ2) is 8.39. The van der Waals surface area contributed by atoms with Crippen LogP contribution >= 0.6 is 11.3 Å². The van der Waals surface area contributed by atoms with Crippen LogP contribution in [0.4, 0.5) is 5.82 Å². The summed E-state index contributed by atoms with van der Waals surface area (Å²) in [5.74, 6) is -0.294. The first kappa shape index (κ1) is 19.8. The number of para-hydroxylation sites is 1. The van der Waals surface area contributed by atoms with Crippen LogP contribution in [-0.2, 0) is 26.2 Å². The molecule has 0 saturated heterocycles. The van der Waals surface area contributed by atoms with Crippen LogP contribution in [0.1, 0.15) is 31.3 Å². The molecule has 2 aromatic heterocycles. The van der Waals surface area contributed by atoms with Crippen molar-refractivity contribution >= 4 is 29.0 Å². The number of benzene rings is 1. The highest BCUT2D eigenvalue weighted by Gasteiger charge is 2.21. The Morgan fingerprint density at radius 2 is 1.89 bits per heavy atom. The van der Waals surface area contributed by atoms with Gasteiger partial charge in [0.15, 0.2) is 6.61 Å². The molecule has 0 bridgehead atoms. The first-order valence-electron chi connectivity index (χ1n) is 8.97. The van der Waals surface area contributed by atoms with E-state index in [4.69, 9.17) is 4.74 Å². The summed E-state index contributed by atoms with van der Waals surface area (Å²) in [5.41, 5.74) is 1.51. The van der Waals surface area contributed by atoms with Gasteiger partial charge in [0.2, 0.25) is 0 Å². The van der Waals surface area contributed by atoms with Crippen molar-refractivity contribution in [3.8, 4) is 5.69 Å². The van der Waals surface area contributed by atoms with Crippen molar-refractivity contribution in [1.29, 1.82) is 0 Å². The Labute approximate surface area is 168 Å². The van der Waals surface area contributed by atoms with Crippen molar-refractivity contribution in [3.63, 3.8) is 0 Å². The lowest BCUT2D eigenvalue weighted by molar-refractivity contribution is -0.146. The topological polar surface area (TPSA) is 73.2 Å². The molecule has 6 nitrogen and oxygen atoms in total. The maximum atomic E-state index is 12.3. The van der Waals surface area contributed by atoms with Crippen LogP contribution in [0, 0.1) is 0 Å². The van der Waals surface area contributed by atoms with Gasteiger partial charge in [-0.15, -0.1) is 11.3 Å². The number of carbonyl (C=O) groups excluding carboxylic acids is 2. The minimum absolute atomic E-state index is 0.168. The van der Waals surface area contributed by atoms with Gasteiger partial charge in [0.25, 0.3) is 5.91 Å². The SMILES string of the molecule is CC(C)(C)c1cc(NC(=O)COC(=O)Cc2cccs2)n(-c2ccccc2)n1. The van der Waals surface area contributed by atoms with Gasteiger partial charge in [0, 0.05) is 16.4 Å². The predicted octanol–water partition coefficient (Wildman–Crippen LogP) is 3.96. The minimum Gasteiger partial charge on any atom is -0.455 e. The summed E-state index contributed by atoms with van der Waals surface area (Å²) in [4.78, 5) is 25.1. The Morgan fingerprint density at radius 1 is 1.14 bits per heavy atom. The first-order valence-corrected chi connectivity index (χ1v) is 9.85. The molecule has 1 aromatic carbocycles. The molecule has 0 radical (unpaired) electrons. The number of ether oxygens (including phenoxy) is 1. The average molecular weight is 398 g/mol. The molecule has 0 atom stereocenters. The lowest BCUT2D eigenvalue weighted by Crippen LogP contribution is -2.22. The third-order valence-electron chi connectivity index (χ3n) is 4.01.